The van der Waals surface area contributed by atoms with Crippen molar-refractivity contribution in [3.63, 3.8) is 0 Å². The van der Waals surface area contributed by atoms with Crippen molar-refractivity contribution in [3.8, 4) is 11.5 Å². The van der Waals surface area contributed by atoms with E-state index in [1.165, 1.54) is 0 Å². The molecule has 3 heteroatoms. The zero-order valence-corrected chi connectivity index (χ0v) is 9.74. The zero-order chi connectivity index (χ0) is 11.6. The Hall–Kier alpha value is -1.22. The fraction of sp³-hybridized carbons (Fsp3) is 0.500. The largest absolute Gasteiger partial charge is 0.504 e. The summed E-state index contributed by atoms with van der Waals surface area (Å²) >= 11 is 0. The van der Waals surface area contributed by atoms with E-state index in [1.54, 1.807) is 7.11 Å². The molecule has 0 aliphatic carbocycles. The Balaban J connectivity index is 3.32. The highest BCUT2D eigenvalue weighted by Crippen LogP contribution is 2.36. The number of phenolic OH excluding ortho intramolecular Hbond substituents is 1. The summed E-state index contributed by atoms with van der Waals surface area (Å²) in [4.78, 5) is 0. The molecule has 0 spiro atoms. The lowest BCUT2D eigenvalue weighted by atomic mass is 9.97. The number of hydrogen-bond acceptors (Lipinski definition) is 3. The van der Waals surface area contributed by atoms with Gasteiger partial charge in [0.25, 0.3) is 0 Å². The second-order valence-electron chi connectivity index (χ2n) is 4.10. The average Bonchev–Trinajstić information content (AvgIpc) is 2.17. The fourth-order valence-corrected chi connectivity index (χ4v) is 1.49. The Bertz CT molecular complexity index is 346. The van der Waals surface area contributed by atoms with E-state index in [4.69, 9.17) is 10.5 Å². The van der Waals surface area contributed by atoms with E-state index in [0.29, 0.717) is 11.7 Å². The molecule has 0 saturated carbocycles. The third-order valence-electron chi connectivity index (χ3n) is 2.50. The molecule has 0 saturated heterocycles. The highest BCUT2D eigenvalue weighted by molar-refractivity contribution is 5.50. The molecule has 0 amide bonds. The van der Waals surface area contributed by atoms with Crippen molar-refractivity contribution in [1.82, 2.24) is 0 Å². The van der Waals surface area contributed by atoms with Gasteiger partial charge in [0.15, 0.2) is 11.5 Å². The first kappa shape index (κ1) is 11.9. The van der Waals surface area contributed by atoms with E-state index in [-0.39, 0.29) is 11.8 Å². The van der Waals surface area contributed by atoms with Crippen LogP contribution >= 0.6 is 0 Å². The minimum Gasteiger partial charge on any atom is -0.504 e. The highest BCUT2D eigenvalue weighted by atomic mass is 16.5. The Kier molecular flexibility index (Phi) is 3.58. The summed E-state index contributed by atoms with van der Waals surface area (Å²) in [6, 6.07) is 3.59. The second kappa shape index (κ2) is 4.53. The minimum atomic E-state index is -0.197. The molecule has 0 radical (unpaired) electrons. The van der Waals surface area contributed by atoms with Crippen LogP contribution in [0.3, 0.4) is 0 Å². The number of hydrogen-bond donors (Lipinski definition) is 2. The quantitative estimate of drug-likeness (QED) is 0.804. The molecular formula is C12H19NO2. The molecular weight excluding hydrogens is 190 g/mol. The van der Waals surface area contributed by atoms with Crippen LogP contribution in [0.1, 0.15) is 43.9 Å². The fourth-order valence-electron chi connectivity index (χ4n) is 1.49. The first-order chi connectivity index (χ1) is 6.97. The number of methoxy groups -OCH3 is 1. The van der Waals surface area contributed by atoms with Gasteiger partial charge >= 0.3 is 0 Å². The maximum absolute atomic E-state index is 9.86. The molecule has 1 atom stereocenters. The topological polar surface area (TPSA) is 55.5 Å². The molecule has 84 valence electrons. The molecule has 15 heavy (non-hydrogen) atoms. The lowest BCUT2D eigenvalue weighted by Crippen LogP contribution is -2.07. The van der Waals surface area contributed by atoms with Crippen LogP contribution in [0.5, 0.6) is 11.5 Å². The number of aromatic hydroxyl groups is 1. The Morgan fingerprint density at radius 1 is 1.27 bits per heavy atom. The van der Waals surface area contributed by atoms with E-state index in [2.05, 4.69) is 13.8 Å². The van der Waals surface area contributed by atoms with Crippen LogP contribution in [0, 0.1) is 0 Å². The van der Waals surface area contributed by atoms with E-state index in [9.17, 15) is 5.11 Å². The van der Waals surface area contributed by atoms with Crippen molar-refractivity contribution in [3.05, 3.63) is 23.3 Å². The summed E-state index contributed by atoms with van der Waals surface area (Å²) in [6.45, 7) is 6.03. The molecule has 0 aliphatic heterocycles. The normalized spacial score (nSPS) is 12.9. The number of phenols is 1. The molecule has 1 aromatic carbocycles. The summed E-state index contributed by atoms with van der Waals surface area (Å²) in [7, 11) is 1.55. The molecule has 3 N–H and O–H groups in total. The van der Waals surface area contributed by atoms with Crippen molar-refractivity contribution in [2.24, 2.45) is 5.73 Å². The van der Waals surface area contributed by atoms with E-state index in [0.717, 1.165) is 11.1 Å². The molecule has 0 aromatic heterocycles. The van der Waals surface area contributed by atoms with Gasteiger partial charge in [-0.05, 0) is 24.5 Å². The maximum Gasteiger partial charge on any atom is 0.162 e. The summed E-state index contributed by atoms with van der Waals surface area (Å²) in [5.74, 6) is 1.03. The van der Waals surface area contributed by atoms with E-state index in [1.807, 2.05) is 19.1 Å². The van der Waals surface area contributed by atoms with Gasteiger partial charge in [-0.1, -0.05) is 19.9 Å². The van der Waals surface area contributed by atoms with Crippen LogP contribution < -0.4 is 10.5 Å². The van der Waals surface area contributed by atoms with Crippen molar-refractivity contribution >= 4 is 0 Å². The zero-order valence-electron chi connectivity index (χ0n) is 9.74. The summed E-state index contributed by atoms with van der Waals surface area (Å²) in [5, 5.41) is 9.86. The van der Waals surface area contributed by atoms with Crippen molar-refractivity contribution in [1.29, 1.82) is 0 Å². The standard InChI is InChI=1S/C12H19NO2/c1-7(2)9-5-10(8(3)13)12(14)11(6-9)15-4/h5-8,14H,13H2,1-4H3. The molecule has 0 heterocycles. The Labute approximate surface area is 90.9 Å². The summed E-state index contributed by atoms with van der Waals surface area (Å²) < 4.78 is 5.12. The van der Waals surface area contributed by atoms with Gasteiger partial charge in [-0.3, -0.25) is 0 Å². The Morgan fingerprint density at radius 2 is 1.87 bits per heavy atom. The van der Waals surface area contributed by atoms with E-state index < -0.39 is 0 Å². The van der Waals surface area contributed by atoms with Crippen LogP contribution in [0.2, 0.25) is 0 Å². The summed E-state index contributed by atoms with van der Waals surface area (Å²) in [6.07, 6.45) is 0. The first-order valence-electron chi connectivity index (χ1n) is 5.13. The van der Waals surface area contributed by atoms with Gasteiger partial charge in [0.05, 0.1) is 7.11 Å². The predicted octanol–water partition coefficient (Wildman–Crippen LogP) is 2.54. The lowest BCUT2D eigenvalue weighted by Gasteiger charge is -2.16. The molecule has 3 nitrogen and oxygen atoms in total. The number of nitrogens with two attached hydrogens (primary N) is 1. The average molecular weight is 209 g/mol. The van der Waals surface area contributed by atoms with Gasteiger partial charge in [0.1, 0.15) is 0 Å². The molecule has 1 rings (SSSR count). The smallest absolute Gasteiger partial charge is 0.162 e. The maximum atomic E-state index is 9.86. The third-order valence-corrected chi connectivity index (χ3v) is 2.50. The second-order valence-corrected chi connectivity index (χ2v) is 4.10. The molecule has 1 unspecified atom stereocenters. The van der Waals surface area contributed by atoms with Crippen LogP contribution in [-0.2, 0) is 0 Å². The van der Waals surface area contributed by atoms with Gasteiger partial charge in [-0.15, -0.1) is 0 Å². The van der Waals surface area contributed by atoms with Gasteiger partial charge in [-0.25, -0.2) is 0 Å². The SMILES string of the molecule is COc1cc(C(C)C)cc(C(C)N)c1O. The van der Waals surface area contributed by atoms with E-state index >= 15 is 0 Å². The number of rotatable bonds is 3. The Morgan fingerprint density at radius 3 is 2.27 bits per heavy atom. The number of benzene rings is 1. The summed E-state index contributed by atoms with van der Waals surface area (Å²) in [5.41, 5.74) is 7.65. The van der Waals surface area contributed by atoms with Crippen LogP contribution in [0.15, 0.2) is 12.1 Å². The molecule has 0 aliphatic rings. The van der Waals surface area contributed by atoms with Crippen molar-refractivity contribution < 1.29 is 9.84 Å². The van der Waals surface area contributed by atoms with Crippen molar-refractivity contribution in [2.75, 3.05) is 7.11 Å². The molecule has 0 bridgehead atoms. The number of ether oxygens (including phenoxy) is 1. The predicted molar refractivity (Wildman–Crippen MR) is 61.4 cm³/mol. The minimum absolute atomic E-state index is 0.150. The molecule has 1 aromatic rings. The van der Waals surface area contributed by atoms with Gasteiger partial charge in [0, 0.05) is 11.6 Å². The van der Waals surface area contributed by atoms with Crippen molar-refractivity contribution in [2.45, 2.75) is 32.7 Å². The van der Waals surface area contributed by atoms with Gasteiger partial charge in [-0.2, -0.15) is 0 Å². The van der Waals surface area contributed by atoms with Gasteiger partial charge in [0.2, 0.25) is 0 Å². The molecule has 0 fully saturated rings. The first-order valence-corrected chi connectivity index (χ1v) is 5.13. The van der Waals surface area contributed by atoms with Crippen LogP contribution in [0.4, 0.5) is 0 Å². The van der Waals surface area contributed by atoms with Crippen LogP contribution in [0.25, 0.3) is 0 Å². The third kappa shape index (κ3) is 2.42. The highest BCUT2D eigenvalue weighted by Gasteiger charge is 2.14. The van der Waals surface area contributed by atoms with Crippen LogP contribution in [-0.4, -0.2) is 12.2 Å². The van der Waals surface area contributed by atoms with Gasteiger partial charge < -0.3 is 15.6 Å². The monoisotopic (exact) mass is 209 g/mol. The lowest BCUT2D eigenvalue weighted by molar-refractivity contribution is 0.368.